The Bertz CT molecular complexity index is 559. The maximum absolute atomic E-state index is 11.6. The van der Waals surface area contributed by atoms with Gasteiger partial charge in [0.1, 0.15) is 0 Å². The summed E-state index contributed by atoms with van der Waals surface area (Å²) in [6.45, 7) is 6.21. The Morgan fingerprint density at radius 2 is 2.14 bits per heavy atom. The number of nitro groups is 1. The molecule has 1 aromatic carbocycles. The third-order valence-electron chi connectivity index (χ3n) is 4.17. The molecule has 0 spiro atoms. The van der Waals surface area contributed by atoms with E-state index in [9.17, 15) is 14.9 Å². The molecule has 2 rings (SSSR count). The van der Waals surface area contributed by atoms with Crippen LogP contribution in [0.25, 0.3) is 0 Å². The van der Waals surface area contributed by atoms with Gasteiger partial charge in [-0.25, -0.2) is 0 Å². The van der Waals surface area contributed by atoms with Crippen LogP contribution in [0, 0.1) is 10.1 Å². The summed E-state index contributed by atoms with van der Waals surface area (Å²) in [6, 6.07) is 5.29. The molecule has 1 saturated heterocycles. The molecule has 0 radical (unpaired) electrons. The van der Waals surface area contributed by atoms with Gasteiger partial charge in [-0.2, -0.15) is 0 Å². The number of carbonyl (C=O) groups is 1. The topological polar surface area (TPSA) is 66.7 Å². The van der Waals surface area contributed by atoms with Gasteiger partial charge in [0.25, 0.3) is 5.69 Å². The van der Waals surface area contributed by atoms with Crippen LogP contribution < -0.4 is 4.90 Å². The molecule has 1 aliphatic heterocycles. The minimum Gasteiger partial charge on any atom is -0.369 e. The van der Waals surface area contributed by atoms with Gasteiger partial charge in [0.15, 0.2) is 5.78 Å². The maximum Gasteiger partial charge on any atom is 0.280 e. The van der Waals surface area contributed by atoms with Crippen LogP contribution in [0.15, 0.2) is 18.2 Å². The zero-order valence-electron chi connectivity index (χ0n) is 12.7. The lowest BCUT2D eigenvalue weighted by atomic mass is 10.1. The zero-order valence-corrected chi connectivity index (χ0v) is 12.7. The molecular formula is C15H21N3O3. The van der Waals surface area contributed by atoms with Gasteiger partial charge in [0.05, 0.1) is 10.5 Å². The highest BCUT2D eigenvalue weighted by Gasteiger charge is 2.25. The summed E-state index contributed by atoms with van der Waals surface area (Å²) in [5.74, 6) is -0.273. The van der Waals surface area contributed by atoms with Crippen molar-refractivity contribution in [3.8, 4) is 0 Å². The van der Waals surface area contributed by atoms with Crippen molar-refractivity contribution in [2.24, 2.45) is 0 Å². The molecule has 1 fully saturated rings. The quantitative estimate of drug-likeness (QED) is 0.484. The summed E-state index contributed by atoms with van der Waals surface area (Å²) in [7, 11) is 2.11. The average molecular weight is 291 g/mol. The van der Waals surface area contributed by atoms with E-state index in [1.54, 1.807) is 12.1 Å². The Hall–Kier alpha value is -1.95. The van der Waals surface area contributed by atoms with Crippen LogP contribution in [0.4, 0.5) is 11.4 Å². The molecule has 0 N–H and O–H groups in total. The monoisotopic (exact) mass is 291 g/mol. The molecule has 0 bridgehead atoms. The van der Waals surface area contributed by atoms with Gasteiger partial charge >= 0.3 is 0 Å². The Morgan fingerprint density at radius 3 is 2.71 bits per heavy atom. The first-order valence-electron chi connectivity index (χ1n) is 7.18. The highest BCUT2D eigenvalue weighted by atomic mass is 16.6. The number of benzene rings is 1. The Balaban J connectivity index is 2.30. The first-order valence-corrected chi connectivity index (χ1v) is 7.18. The predicted octanol–water partition coefficient (Wildman–Crippen LogP) is 2.33. The number of nitrogens with zero attached hydrogens (tertiary/aromatic N) is 3. The van der Waals surface area contributed by atoms with E-state index >= 15 is 0 Å². The van der Waals surface area contributed by atoms with Gasteiger partial charge in [-0.15, -0.1) is 0 Å². The van der Waals surface area contributed by atoms with Gasteiger partial charge in [-0.3, -0.25) is 19.8 Å². The minimum absolute atomic E-state index is 0.118. The standard InChI is InChI=1S/C15H21N3O3/c1-4-12-10-17(8-7-16(12)3)13-5-6-15(18(20)21)14(9-13)11(2)19/h5-6,9,12H,4,7-8,10H2,1-3H3. The molecule has 6 nitrogen and oxygen atoms in total. The average Bonchev–Trinajstić information content (AvgIpc) is 2.47. The smallest absolute Gasteiger partial charge is 0.280 e. The van der Waals surface area contributed by atoms with E-state index in [-0.39, 0.29) is 17.0 Å². The van der Waals surface area contributed by atoms with E-state index < -0.39 is 4.92 Å². The summed E-state index contributed by atoms with van der Waals surface area (Å²) in [4.78, 5) is 26.7. The first-order chi connectivity index (χ1) is 9.93. The highest BCUT2D eigenvalue weighted by Crippen LogP contribution is 2.27. The van der Waals surface area contributed by atoms with Crippen LogP contribution in [0.3, 0.4) is 0 Å². The van der Waals surface area contributed by atoms with Crippen LogP contribution in [-0.4, -0.2) is 48.3 Å². The number of ketones is 1. The van der Waals surface area contributed by atoms with Crippen molar-refractivity contribution < 1.29 is 9.72 Å². The number of rotatable bonds is 4. The largest absolute Gasteiger partial charge is 0.369 e. The fourth-order valence-corrected chi connectivity index (χ4v) is 2.78. The second kappa shape index (κ2) is 6.22. The number of carbonyl (C=O) groups excluding carboxylic acids is 1. The molecule has 0 aliphatic carbocycles. The molecular weight excluding hydrogens is 270 g/mol. The lowest BCUT2D eigenvalue weighted by Crippen LogP contribution is -2.51. The number of hydrogen-bond donors (Lipinski definition) is 0. The van der Waals surface area contributed by atoms with Crippen LogP contribution in [-0.2, 0) is 0 Å². The summed E-state index contributed by atoms with van der Waals surface area (Å²) >= 11 is 0. The van der Waals surface area contributed by atoms with Crippen LogP contribution in [0.1, 0.15) is 30.6 Å². The Kier molecular flexibility index (Phi) is 4.57. The van der Waals surface area contributed by atoms with Crippen LogP contribution in [0.5, 0.6) is 0 Å². The van der Waals surface area contributed by atoms with Crippen molar-refractivity contribution in [2.45, 2.75) is 26.3 Å². The van der Waals surface area contributed by atoms with Crippen LogP contribution >= 0.6 is 0 Å². The molecule has 114 valence electrons. The fourth-order valence-electron chi connectivity index (χ4n) is 2.78. The molecule has 6 heteroatoms. The van der Waals surface area contributed by atoms with E-state index in [0.29, 0.717) is 6.04 Å². The summed E-state index contributed by atoms with van der Waals surface area (Å²) in [5, 5.41) is 11.0. The maximum atomic E-state index is 11.6. The molecule has 1 unspecified atom stereocenters. The third kappa shape index (κ3) is 3.21. The van der Waals surface area contributed by atoms with E-state index in [4.69, 9.17) is 0 Å². The summed E-state index contributed by atoms with van der Waals surface area (Å²) < 4.78 is 0. The fraction of sp³-hybridized carbons (Fsp3) is 0.533. The summed E-state index contributed by atoms with van der Waals surface area (Å²) in [5.41, 5.74) is 0.953. The van der Waals surface area contributed by atoms with Crippen molar-refractivity contribution in [3.05, 3.63) is 33.9 Å². The molecule has 0 aromatic heterocycles. The lowest BCUT2D eigenvalue weighted by molar-refractivity contribution is -0.385. The lowest BCUT2D eigenvalue weighted by Gasteiger charge is -2.40. The molecule has 1 atom stereocenters. The molecule has 1 aliphatic rings. The van der Waals surface area contributed by atoms with E-state index in [1.807, 2.05) is 0 Å². The van der Waals surface area contributed by atoms with Gasteiger partial charge in [-0.05, 0) is 32.5 Å². The van der Waals surface area contributed by atoms with Crippen molar-refractivity contribution in [2.75, 3.05) is 31.6 Å². The van der Waals surface area contributed by atoms with E-state index in [2.05, 4.69) is 23.8 Å². The molecule has 0 amide bonds. The second-order valence-electron chi connectivity index (χ2n) is 5.50. The normalized spacial score (nSPS) is 19.6. The van der Waals surface area contributed by atoms with Crippen molar-refractivity contribution in [1.29, 1.82) is 0 Å². The SMILES string of the molecule is CCC1CN(c2ccc([N+](=O)[O-])c(C(C)=O)c2)CCN1C. The number of piperazine rings is 1. The summed E-state index contributed by atoms with van der Waals surface area (Å²) in [6.07, 6.45) is 1.06. The Labute approximate surface area is 124 Å². The van der Waals surface area contributed by atoms with Crippen molar-refractivity contribution >= 4 is 17.2 Å². The second-order valence-corrected chi connectivity index (χ2v) is 5.50. The number of nitro benzene ring substituents is 1. The van der Waals surface area contributed by atoms with Gasteiger partial charge in [0, 0.05) is 37.4 Å². The van der Waals surface area contributed by atoms with E-state index in [0.717, 1.165) is 31.7 Å². The van der Waals surface area contributed by atoms with Gasteiger partial charge in [-0.1, -0.05) is 6.92 Å². The molecule has 0 saturated carbocycles. The molecule has 1 heterocycles. The van der Waals surface area contributed by atoms with E-state index in [1.165, 1.54) is 13.0 Å². The minimum atomic E-state index is -0.501. The van der Waals surface area contributed by atoms with Crippen molar-refractivity contribution in [1.82, 2.24) is 4.90 Å². The number of Topliss-reactive ketones (excluding diaryl/α,β-unsaturated/α-hetero) is 1. The van der Waals surface area contributed by atoms with Crippen LogP contribution in [0.2, 0.25) is 0 Å². The molecule has 1 aromatic rings. The molecule has 21 heavy (non-hydrogen) atoms. The highest BCUT2D eigenvalue weighted by molar-refractivity contribution is 5.99. The van der Waals surface area contributed by atoms with Crippen molar-refractivity contribution in [3.63, 3.8) is 0 Å². The Morgan fingerprint density at radius 1 is 1.43 bits per heavy atom. The van der Waals surface area contributed by atoms with Gasteiger partial charge in [0.2, 0.25) is 0 Å². The predicted molar refractivity (Wildman–Crippen MR) is 82.0 cm³/mol. The van der Waals surface area contributed by atoms with Gasteiger partial charge < -0.3 is 4.90 Å². The number of likely N-dealkylation sites (N-methyl/N-ethyl adjacent to an activating group) is 1. The first kappa shape index (κ1) is 15.4. The number of anilines is 1. The third-order valence-corrected chi connectivity index (χ3v) is 4.17. The number of hydrogen-bond acceptors (Lipinski definition) is 5. The zero-order chi connectivity index (χ0) is 15.6.